The monoisotopic (exact) mass is 244 g/mol. The Morgan fingerprint density at radius 1 is 1.50 bits per heavy atom. The van der Waals surface area contributed by atoms with Crippen LogP contribution in [0.25, 0.3) is 0 Å². The maximum atomic E-state index is 5.01. The van der Waals surface area contributed by atoms with Gasteiger partial charge in [-0.3, -0.25) is 0 Å². The van der Waals surface area contributed by atoms with Gasteiger partial charge >= 0.3 is 0 Å². The maximum absolute atomic E-state index is 5.01. The molecule has 1 heterocycles. The Morgan fingerprint density at radius 3 is 3.06 bits per heavy atom. The molecule has 0 aromatic carbocycles. The Labute approximate surface area is 101 Å². The fourth-order valence-electron chi connectivity index (χ4n) is 1.34. The van der Waals surface area contributed by atoms with E-state index in [1.54, 1.807) is 7.11 Å². The maximum Gasteiger partial charge on any atom is 0.0893 e. The Kier molecular flexibility index (Phi) is 7.24. The highest BCUT2D eigenvalue weighted by atomic mass is 32.1. The van der Waals surface area contributed by atoms with Crippen molar-refractivity contribution in [3.63, 3.8) is 0 Å². The normalized spacial score (nSPS) is 11.2. The second kappa shape index (κ2) is 8.58. The molecular weight excluding hydrogens is 224 g/mol. The number of aromatic nitrogens is 2. The van der Waals surface area contributed by atoms with Crippen LogP contribution in [-0.4, -0.2) is 54.9 Å². The minimum atomic E-state index is 0.808. The fraction of sp³-hybridized carbons (Fsp3) is 0.800. The van der Waals surface area contributed by atoms with Crippen LogP contribution in [-0.2, 0) is 11.3 Å². The van der Waals surface area contributed by atoms with Gasteiger partial charge in [-0.05, 0) is 25.0 Å². The molecule has 0 unspecified atom stereocenters. The molecule has 5 nitrogen and oxygen atoms in total. The number of rotatable bonds is 9. The lowest BCUT2D eigenvalue weighted by molar-refractivity contribution is 0.179. The number of hydrogen-bond donors (Lipinski definition) is 1. The molecule has 1 aromatic heterocycles. The average Bonchev–Trinajstić information content (AvgIpc) is 2.78. The van der Waals surface area contributed by atoms with Gasteiger partial charge in [0.05, 0.1) is 5.69 Å². The van der Waals surface area contributed by atoms with E-state index in [0.29, 0.717) is 0 Å². The van der Waals surface area contributed by atoms with E-state index < -0.39 is 0 Å². The summed E-state index contributed by atoms with van der Waals surface area (Å²) in [5, 5.41) is 9.28. The average molecular weight is 244 g/mol. The second-order valence-corrected chi connectivity index (χ2v) is 4.33. The lowest BCUT2D eigenvalue weighted by Gasteiger charge is -2.16. The van der Waals surface area contributed by atoms with Crippen LogP contribution < -0.4 is 5.32 Å². The predicted molar refractivity (Wildman–Crippen MR) is 65.6 cm³/mol. The predicted octanol–water partition coefficient (Wildman–Crippen LogP) is 0.596. The van der Waals surface area contributed by atoms with Gasteiger partial charge in [-0.2, -0.15) is 0 Å². The Morgan fingerprint density at radius 2 is 2.38 bits per heavy atom. The third kappa shape index (κ3) is 6.12. The number of hydrogen-bond acceptors (Lipinski definition) is 6. The van der Waals surface area contributed by atoms with E-state index >= 15 is 0 Å². The molecule has 0 aliphatic heterocycles. The summed E-state index contributed by atoms with van der Waals surface area (Å²) in [6.07, 6.45) is 1.09. The Bertz CT molecular complexity index is 255. The quantitative estimate of drug-likeness (QED) is 0.645. The van der Waals surface area contributed by atoms with Crippen LogP contribution in [0.5, 0.6) is 0 Å². The molecule has 0 bridgehead atoms. The van der Waals surface area contributed by atoms with Crippen LogP contribution >= 0.6 is 11.5 Å². The smallest absolute Gasteiger partial charge is 0.0893 e. The summed E-state index contributed by atoms with van der Waals surface area (Å²) in [6.45, 7) is 4.74. The molecule has 1 aromatic rings. The molecule has 16 heavy (non-hydrogen) atoms. The number of nitrogens with one attached hydrogen (secondary N) is 1. The topological polar surface area (TPSA) is 50.3 Å². The first-order chi connectivity index (χ1) is 7.83. The zero-order chi connectivity index (χ0) is 11.6. The van der Waals surface area contributed by atoms with Crippen molar-refractivity contribution in [3.05, 3.63) is 11.1 Å². The summed E-state index contributed by atoms with van der Waals surface area (Å²) in [6, 6.07) is 0. The van der Waals surface area contributed by atoms with Crippen molar-refractivity contribution < 1.29 is 4.74 Å². The van der Waals surface area contributed by atoms with Crippen molar-refractivity contribution >= 4 is 11.5 Å². The molecule has 0 saturated carbocycles. The number of methoxy groups -OCH3 is 1. The van der Waals surface area contributed by atoms with Gasteiger partial charge in [0, 0.05) is 45.3 Å². The van der Waals surface area contributed by atoms with E-state index in [2.05, 4.69) is 26.9 Å². The molecule has 0 saturated heterocycles. The van der Waals surface area contributed by atoms with E-state index in [4.69, 9.17) is 4.74 Å². The van der Waals surface area contributed by atoms with Crippen LogP contribution in [0.1, 0.15) is 12.1 Å². The van der Waals surface area contributed by atoms with E-state index in [9.17, 15) is 0 Å². The largest absolute Gasteiger partial charge is 0.385 e. The van der Waals surface area contributed by atoms with E-state index in [-0.39, 0.29) is 0 Å². The third-order valence-corrected chi connectivity index (χ3v) is 2.82. The SMILES string of the molecule is COCCCN(C)CCNCc1csnn1. The van der Waals surface area contributed by atoms with Crippen molar-refractivity contribution in [2.24, 2.45) is 0 Å². The molecule has 0 fully saturated rings. The number of likely N-dealkylation sites (N-methyl/N-ethyl adjacent to an activating group) is 1. The van der Waals surface area contributed by atoms with E-state index in [0.717, 1.165) is 44.9 Å². The van der Waals surface area contributed by atoms with Crippen molar-refractivity contribution in [3.8, 4) is 0 Å². The molecule has 92 valence electrons. The van der Waals surface area contributed by atoms with Gasteiger partial charge in [-0.15, -0.1) is 5.10 Å². The molecule has 0 radical (unpaired) electrons. The fourth-order valence-corrected chi connectivity index (χ4v) is 1.79. The first-order valence-corrected chi connectivity index (χ1v) is 6.30. The van der Waals surface area contributed by atoms with Crippen LogP contribution in [0.15, 0.2) is 5.38 Å². The van der Waals surface area contributed by atoms with E-state index in [1.165, 1.54) is 11.5 Å². The highest BCUT2D eigenvalue weighted by Crippen LogP contribution is 1.95. The van der Waals surface area contributed by atoms with Gasteiger partial charge in [0.2, 0.25) is 0 Å². The zero-order valence-corrected chi connectivity index (χ0v) is 10.8. The summed E-state index contributed by atoms with van der Waals surface area (Å²) >= 11 is 1.39. The molecule has 0 spiro atoms. The minimum absolute atomic E-state index is 0.808. The molecule has 0 amide bonds. The van der Waals surface area contributed by atoms with Crippen molar-refractivity contribution in [1.82, 2.24) is 19.8 Å². The molecule has 1 rings (SSSR count). The molecule has 6 heteroatoms. The van der Waals surface area contributed by atoms with E-state index in [1.807, 2.05) is 5.38 Å². The summed E-state index contributed by atoms with van der Waals surface area (Å²) in [7, 11) is 3.87. The van der Waals surface area contributed by atoms with Gasteiger partial charge in [-0.1, -0.05) is 4.49 Å². The van der Waals surface area contributed by atoms with Crippen molar-refractivity contribution in [2.45, 2.75) is 13.0 Å². The van der Waals surface area contributed by atoms with Gasteiger partial charge < -0.3 is 15.0 Å². The molecular formula is C10H20N4OS. The lowest BCUT2D eigenvalue weighted by atomic mass is 10.4. The van der Waals surface area contributed by atoms with Gasteiger partial charge in [0.1, 0.15) is 0 Å². The Hall–Kier alpha value is -0.560. The zero-order valence-electron chi connectivity index (χ0n) is 9.98. The van der Waals surface area contributed by atoms with Crippen LogP contribution in [0.2, 0.25) is 0 Å². The summed E-state index contributed by atoms with van der Waals surface area (Å²) in [5.41, 5.74) is 1.02. The van der Waals surface area contributed by atoms with Crippen LogP contribution in [0.3, 0.4) is 0 Å². The standard InChI is InChI=1S/C10H20N4OS/c1-14(5-3-7-15-2)6-4-11-8-10-9-16-13-12-10/h9,11H,3-8H2,1-2H3. The Balaban J connectivity index is 1.94. The molecule has 1 N–H and O–H groups in total. The van der Waals surface area contributed by atoms with Gasteiger partial charge in [0.25, 0.3) is 0 Å². The van der Waals surface area contributed by atoms with Crippen molar-refractivity contribution in [1.29, 1.82) is 0 Å². The lowest BCUT2D eigenvalue weighted by Crippen LogP contribution is -2.30. The highest BCUT2D eigenvalue weighted by molar-refractivity contribution is 7.03. The van der Waals surface area contributed by atoms with Gasteiger partial charge in [-0.25, -0.2) is 0 Å². The summed E-state index contributed by atoms with van der Waals surface area (Å²) in [5.74, 6) is 0. The first kappa shape index (κ1) is 13.5. The summed E-state index contributed by atoms with van der Waals surface area (Å²) in [4.78, 5) is 2.30. The second-order valence-electron chi connectivity index (χ2n) is 3.72. The number of nitrogens with zero attached hydrogens (tertiary/aromatic N) is 3. The van der Waals surface area contributed by atoms with Crippen LogP contribution in [0.4, 0.5) is 0 Å². The van der Waals surface area contributed by atoms with Gasteiger partial charge in [0.15, 0.2) is 0 Å². The third-order valence-electron chi connectivity index (χ3n) is 2.27. The summed E-state index contributed by atoms with van der Waals surface area (Å²) < 4.78 is 8.82. The first-order valence-electron chi connectivity index (χ1n) is 5.47. The van der Waals surface area contributed by atoms with Crippen LogP contribution in [0, 0.1) is 0 Å². The minimum Gasteiger partial charge on any atom is -0.385 e. The molecule has 0 atom stereocenters. The molecule has 0 aliphatic rings. The highest BCUT2D eigenvalue weighted by Gasteiger charge is 1.98. The molecule has 0 aliphatic carbocycles. The van der Waals surface area contributed by atoms with Crippen molar-refractivity contribution in [2.75, 3.05) is 40.4 Å². The number of ether oxygens (including phenoxy) is 1.